The lowest BCUT2D eigenvalue weighted by Gasteiger charge is -2.21. The molecule has 96 valence electrons. The molecular formula is C14H24N2O. The molecule has 0 bridgehead atoms. The van der Waals surface area contributed by atoms with E-state index in [4.69, 9.17) is 5.73 Å². The molecule has 0 amide bonds. The standard InChI is InChI=1S/C14H24N2O/c1-3-16(4-2)13-9-8-12(14(17)11-13)7-5-6-10-15/h8-9,11,17H,3-7,10,15H2,1-2H3. The van der Waals surface area contributed by atoms with Crippen molar-refractivity contribution < 1.29 is 5.11 Å². The number of rotatable bonds is 7. The molecular weight excluding hydrogens is 212 g/mol. The Bertz CT molecular complexity index is 335. The second kappa shape index (κ2) is 7.17. The first-order chi connectivity index (χ1) is 8.22. The molecule has 3 nitrogen and oxygen atoms in total. The van der Waals surface area contributed by atoms with Gasteiger partial charge in [0.1, 0.15) is 5.75 Å². The Kier molecular flexibility index (Phi) is 5.84. The van der Waals surface area contributed by atoms with Crippen LogP contribution in [0.25, 0.3) is 0 Å². The van der Waals surface area contributed by atoms with Gasteiger partial charge in [0.05, 0.1) is 0 Å². The van der Waals surface area contributed by atoms with E-state index in [1.807, 2.05) is 12.1 Å². The first-order valence-corrected chi connectivity index (χ1v) is 6.49. The van der Waals surface area contributed by atoms with Gasteiger partial charge < -0.3 is 15.7 Å². The molecule has 0 saturated carbocycles. The van der Waals surface area contributed by atoms with Gasteiger partial charge in [0.2, 0.25) is 0 Å². The molecule has 0 unspecified atom stereocenters. The van der Waals surface area contributed by atoms with Crippen LogP contribution < -0.4 is 10.6 Å². The molecule has 17 heavy (non-hydrogen) atoms. The molecule has 0 fully saturated rings. The van der Waals surface area contributed by atoms with Gasteiger partial charge in [0, 0.05) is 24.8 Å². The molecule has 0 aliphatic heterocycles. The van der Waals surface area contributed by atoms with Crippen LogP contribution >= 0.6 is 0 Å². The summed E-state index contributed by atoms with van der Waals surface area (Å²) in [5, 5.41) is 9.97. The molecule has 0 radical (unpaired) electrons. The lowest BCUT2D eigenvalue weighted by molar-refractivity contribution is 0.466. The Labute approximate surface area is 104 Å². The maximum absolute atomic E-state index is 9.97. The quantitative estimate of drug-likeness (QED) is 0.715. The summed E-state index contributed by atoms with van der Waals surface area (Å²) in [6, 6.07) is 5.98. The summed E-state index contributed by atoms with van der Waals surface area (Å²) in [7, 11) is 0. The minimum absolute atomic E-state index is 0.409. The van der Waals surface area contributed by atoms with Crippen molar-refractivity contribution in [2.75, 3.05) is 24.5 Å². The van der Waals surface area contributed by atoms with Gasteiger partial charge >= 0.3 is 0 Å². The molecule has 0 atom stereocenters. The largest absolute Gasteiger partial charge is 0.508 e. The van der Waals surface area contributed by atoms with E-state index in [9.17, 15) is 5.11 Å². The fourth-order valence-corrected chi connectivity index (χ4v) is 2.01. The number of benzene rings is 1. The molecule has 1 aromatic carbocycles. The van der Waals surface area contributed by atoms with E-state index in [1.54, 1.807) is 0 Å². The van der Waals surface area contributed by atoms with E-state index in [1.165, 1.54) is 0 Å². The molecule has 1 aromatic rings. The van der Waals surface area contributed by atoms with E-state index in [0.29, 0.717) is 5.75 Å². The van der Waals surface area contributed by atoms with Gasteiger partial charge in [0.25, 0.3) is 0 Å². The fraction of sp³-hybridized carbons (Fsp3) is 0.571. The summed E-state index contributed by atoms with van der Waals surface area (Å²) < 4.78 is 0. The van der Waals surface area contributed by atoms with Gasteiger partial charge in [-0.3, -0.25) is 0 Å². The number of phenolic OH excluding ortho intramolecular Hbond substituents is 1. The zero-order valence-electron chi connectivity index (χ0n) is 10.9. The first-order valence-electron chi connectivity index (χ1n) is 6.49. The van der Waals surface area contributed by atoms with E-state index < -0.39 is 0 Å². The topological polar surface area (TPSA) is 49.5 Å². The zero-order chi connectivity index (χ0) is 12.7. The number of nitrogens with two attached hydrogens (primary N) is 1. The van der Waals surface area contributed by atoms with Crippen LogP contribution in [-0.4, -0.2) is 24.7 Å². The number of hydrogen-bond acceptors (Lipinski definition) is 3. The number of phenols is 1. The van der Waals surface area contributed by atoms with E-state index in [0.717, 1.165) is 50.1 Å². The summed E-state index contributed by atoms with van der Waals surface area (Å²) in [6.45, 7) is 6.88. The third-order valence-corrected chi connectivity index (χ3v) is 3.10. The Morgan fingerprint density at radius 3 is 2.41 bits per heavy atom. The predicted molar refractivity (Wildman–Crippen MR) is 73.7 cm³/mol. The third-order valence-electron chi connectivity index (χ3n) is 3.10. The Morgan fingerprint density at radius 2 is 1.88 bits per heavy atom. The first kappa shape index (κ1) is 13.8. The molecule has 0 spiro atoms. The average Bonchev–Trinajstić information content (AvgIpc) is 2.33. The monoisotopic (exact) mass is 236 g/mol. The zero-order valence-corrected chi connectivity index (χ0v) is 10.9. The maximum atomic E-state index is 9.97. The number of unbranched alkanes of at least 4 members (excludes halogenated alkanes) is 1. The normalized spacial score (nSPS) is 10.5. The van der Waals surface area contributed by atoms with Crippen molar-refractivity contribution >= 4 is 5.69 Å². The van der Waals surface area contributed by atoms with Crippen LogP contribution in [0.2, 0.25) is 0 Å². The Hall–Kier alpha value is -1.22. The van der Waals surface area contributed by atoms with Crippen molar-refractivity contribution in [1.29, 1.82) is 0 Å². The van der Waals surface area contributed by atoms with E-state index in [2.05, 4.69) is 24.8 Å². The number of aryl methyl sites for hydroxylation is 1. The number of aromatic hydroxyl groups is 1. The van der Waals surface area contributed by atoms with Gasteiger partial charge in [-0.2, -0.15) is 0 Å². The fourth-order valence-electron chi connectivity index (χ4n) is 2.01. The smallest absolute Gasteiger partial charge is 0.120 e. The molecule has 3 N–H and O–H groups in total. The van der Waals surface area contributed by atoms with Crippen molar-refractivity contribution in [3.8, 4) is 5.75 Å². The van der Waals surface area contributed by atoms with Gasteiger partial charge in [0.15, 0.2) is 0 Å². The van der Waals surface area contributed by atoms with Crippen LogP contribution in [0.5, 0.6) is 5.75 Å². The molecule has 0 heterocycles. The van der Waals surface area contributed by atoms with Crippen molar-refractivity contribution in [1.82, 2.24) is 0 Å². The number of hydrogen-bond donors (Lipinski definition) is 2. The molecule has 0 aliphatic carbocycles. The highest BCUT2D eigenvalue weighted by atomic mass is 16.3. The van der Waals surface area contributed by atoms with Crippen LogP contribution in [0.3, 0.4) is 0 Å². The molecule has 0 aliphatic rings. The van der Waals surface area contributed by atoms with Gasteiger partial charge in [-0.05, 0) is 51.3 Å². The highest BCUT2D eigenvalue weighted by Crippen LogP contribution is 2.25. The lowest BCUT2D eigenvalue weighted by Crippen LogP contribution is -2.21. The highest BCUT2D eigenvalue weighted by molar-refractivity contribution is 5.53. The van der Waals surface area contributed by atoms with Crippen LogP contribution in [0.4, 0.5) is 5.69 Å². The van der Waals surface area contributed by atoms with Crippen LogP contribution in [-0.2, 0) is 6.42 Å². The summed E-state index contributed by atoms with van der Waals surface area (Å²) in [5.41, 5.74) is 7.58. The Balaban J connectivity index is 2.71. The van der Waals surface area contributed by atoms with Gasteiger partial charge in [-0.1, -0.05) is 6.07 Å². The van der Waals surface area contributed by atoms with Crippen molar-refractivity contribution in [3.63, 3.8) is 0 Å². The summed E-state index contributed by atoms with van der Waals surface area (Å²) in [6.07, 6.45) is 2.95. The second-order valence-electron chi connectivity index (χ2n) is 4.23. The average molecular weight is 236 g/mol. The third kappa shape index (κ3) is 3.93. The number of anilines is 1. The predicted octanol–water partition coefficient (Wildman–Crippen LogP) is 2.52. The van der Waals surface area contributed by atoms with Crippen molar-refractivity contribution in [3.05, 3.63) is 23.8 Å². The highest BCUT2D eigenvalue weighted by Gasteiger charge is 2.06. The molecule has 3 heteroatoms. The van der Waals surface area contributed by atoms with Crippen LogP contribution in [0.1, 0.15) is 32.3 Å². The van der Waals surface area contributed by atoms with Crippen molar-refractivity contribution in [2.45, 2.75) is 33.1 Å². The van der Waals surface area contributed by atoms with Gasteiger partial charge in [-0.15, -0.1) is 0 Å². The van der Waals surface area contributed by atoms with Crippen LogP contribution in [0, 0.1) is 0 Å². The van der Waals surface area contributed by atoms with E-state index in [-0.39, 0.29) is 0 Å². The maximum Gasteiger partial charge on any atom is 0.120 e. The minimum Gasteiger partial charge on any atom is -0.508 e. The molecule has 0 saturated heterocycles. The summed E-state index contributed by atoms with van der Waals surface area (Å²) in [5.74, 6) is 0.409. The summed E-state index contributed by atoms with van der Waals surface area (Å²) >= 11 is 0. The van der Waals surface area contributed by atoms with Crippen molar-refractivity contribution in [2.24, 2.45) is 5.73 Å². The molecule has 1 rings (SSSR count). The SMILES string of the molecule is CCN(CC)c1ccc(CCCCN)c(O)c1. The van der Waals surface area contributed by atoms with Gasteiger partial charge in [-0.25, -0.2) is 0 Å². The minimum atomic E-state index is 0.409. The van der Waals surface area contributed by atoms with E-state index >= 15 is 0 Å². The second-order valence-corrected chi connectivity index (χ2v) is 4.23. The summed E-state index contributed by atoms with van der Waals surface area (Å²) in [4.78, 5) is 2.23. The molecule has 0 aromatic heterocycles. The lowest BCUT2D eigenvalue weighted by atomic mass is 10.1. The number of nitrogens with zero attached hydrogens (tertiary/aromatic N) is 1. The van der Waals surface area contributed by atoms with Crippen LogP contribution in [0.15, 0.2) is 18.2 Å². The Morgan fingerprint density at radius 1 is 1.18 bits per heavy atom.